The molecule has 102 valence electrons. The number of rotatable bonds is 5. The number of carbonyl (C=O) groups is 1. The molecule has 0 aliphatic carbocycles. The highest BCUT2D eigenvalue weighted by atomic mass is 32.2. The van der Waals surface area contributed by atoms with Crippen molar-refractivity contribution in [3.63, 3.8) is 0 Å². The van der Waals surface area contributed by atoms with E-state index < -0.39 is 22.1 Å². The smallest absolute Gasteiger partial charge is 0.358 e. The number of aromatic nitrogens is 1. The molecule has 0 bridgehead atoms. The fraction of sp³-hybridized carbons (Fsp3) is 0.556. The molecule has 18 heavy (non-hydrogen) atoms. The standard InChI is InChI=1S/C9H14N2O5S2/c1-6(12)4-11(2)18(14,15)9-7(8(13)16-3)10-5-17-9/h5-6,12H,4H2,1-3H3. The van der Waals surface area contributed by atoms with E-state index >= 15 is 0 Å². The van der Waals surface area contributed by atoms with Crippen molar-refractivity contribution in [1.82, 2.24) is 9.29 Å². The normalized spacial score (nSPS) is 13.6. The molecule has 0 aliphatic rings. The molecule has 1 aromatic heterocycles. The van der Waals surface area contributed by atoms with Crippen LogP contribution in [0.2, 0.25) is 0 Å². The van der Waals surface area contributed by atoms with Gasteiger partial charge in [0.1, 0.15) is 0 Å². The largest absolute Gasteiger partial charge is 0.464 e. The molecular weight excluding hydrogens is 280 g/mol. The Balaban J connectivity index is 3.13. The first-order chi connectivity index (χ1) is 8.30. The minimum atomic E-state index is -3.85. The molecule has 0 radical (unpaired) electrons. The third kappa shape index (κ3) is 3.05. The van der Waals surface area contributed by atoms with Crippen molar-refractivity contribution < 1.29 is 23.1 Å². The van der Waals surface area contributed by atoms with E-state index in [0.29, 0.717) is 0 Å². The molecule has 1 N–H and O–H groups in total. The van der Waals surface area contributed by atoms with Crippen molar-refractivity contribution in [3.05, 3.63) is 11.2 Å². The van der Waals surface area contributed by atoms with Crippen molar-refractivity contribution in [1.29, 1.82) is 0 Å². The Labute approximate surface area is 109 Å². The molecule has 1 heterocycles. The molecule has 0 fully saturated rings. The second-order valence-electron chi connectivity index (χ2n) is 3.61. The number of hydrogen-bond donors (Lipinski definition) is 1. The Kier molecular flexibility index (Phi) is 4.79. The van der Waals surface area contributed by atoms with E-state index in [4.69, 9.17) is 0 Å². The summed E-state index contributed by atoms with van der Waals surface area (Å²) in [4.78, 5) is 15.1. The highest BCUT2D eigenvalue weighted by Crippen LogP contribution is 2.23. The number of esters is 1. The van der Waals surface area contributed by atoms with E-state index in [-0.39, 0.29) is 16.4 Å². The van der Waals surface area contributed by atoms with Crippen molar-refractivity contribution in [3.8, 4) is 0 Å². The molecule has 1 rings (SSSR count). The number of methoxy groups -OCH3 is 1. The van der Waals surface area contributed by atoms with Gasteiger partial charge in [0, 0.05) is 13.6 Å². The van der Waals surface area contributed by atoms with Crippen LogP contribution < -0.4 is 0 Å². The number of thiazole rings is 1. The van der Waals surface area contributed by atoms with Crippen LogP contribution in [-0.2, 0) is 14.8 Å². The zero-order valence-corrected chi connectivity index (χ0v) is 11.8. The van der Waals surface area contributed by atoms with Crippen molar-refractivity contribution in [2.45, 2.75) is 17.2 Å². The molecule has 1 atom stereocenters. The molecule has 0 spiro atoms. The summed E-state index contributed by atoms with van der Waals surface area (Å²) in [5.41, 5.74) is 1.02. The van der Waals surface area contributed by atoms with Gasteiger partial charge >= 0.3 is 5.97 Å². The molecule has 0 aliphatic heterocycles. The number of ether oxygens (including phenoxy) is 1. The minimum absolute atomic E-state index is 0.0686. The summed E-state index contributed by atoms with van der Waals surface area (Å²) in [6.07, 6.45) is -0.806. The lowest BCUT2D eigenvalue weighted by atomic mass is 10.4. The van der Waals surface area contributed by atoms with Crippen LogP contribution in [0.5, 0.6) is 0 Å². The lowest BCUT2D eigenvalue weighted by Gasteiger charge is -2.17. The summed E-state index contributed by atoms with van der Waals surface area (Å²) in [6.45, 7) is 1.40. The van der Waals surface area contributed by atoms with Gasteiger partial charge < -0.3 is 9.84 Å². The lowest BCUT2D eigenvalue weighted by molar-refractivity contribution is 0.0590. The van der Waals surface area contributed by atoms with Crippen LogP contribution in [0.15, 0.2) is 9.72 Å². The molecule has 7 nitrogen and oxygen atoms in total. The second-order valence-corrected chi connectivity index (χ2v) is 6.71. The van der Waals surface area contributed by atoms with Gasteiger partial charge in [0.05, 0.1) is 18.7 Å². The van der Waals surface area contributed by atoms with Crippen LogP contribution in [0.25, 0.3) is 0 Å². The van der Waals surface area contributed by atoms with Gasteiger partial charge in [0.15, 0.2) is 9.90 Å². The molecule has 0 aromatic carbocycles. The van der Waals surface area contributed by atoms with E-state index in [1.165, 1.54) is 19.5 Å². The van der Waals surface area contributed by atoms with Gasteiger partial charge in [-0.25, -0.2) is 18.2 Å². The van der Waals surface area contributed by atoms with Gasteiger partial charge in [-0.3, -0.25) is 0 Å². The first-order valence-corrected chi connectivity index (χ1v) is 7.29. The number of aliphatic hydroxyl groups is 1. The summed E-state index contributed by atoms with van der Waals surface area (Å²) >= 11 is 0.832. The Hall–Kier alpha value is -1.03. The maximum absolute atomic E-state index is 12.1. The van der Waals surface area contributed by atoms with Crippen LogP contribution in [0.3, 0.4) is 0 Å². The van der Waals surface area contributed by atoms with Crippen molar-refractivity contribution in [2.75, 3.05) is 20.7 Å². The van der Waals surface area contributed by atoms with Crippen LogP contribution in [0.1, 0.15) is 17.4 Å². The molecule has 0 amide bonds. The third-order valence-electron chi connectivity index (χ3n) is 2.08. The summed E-state index contributed by atoms with van der Waals surface area (Å²) in [5.74, 6) is -0.805. The maximum atomic E-state index is 12.1. The maximum Gasteiger partial charge on any atom is 0.358 e. The first kappa shape index (κ1) is 15.0. The summed E-state index contributed by atoms with van der Waals surface area (Å²) in [5, 5.41) is 9.20. The van der Waals surface area contributed by atoms with E-state index in [0.717, 1.165) is 22.8 Å². The predicted molar refractivity (Wildman–Crippen MR) is 65.0 cm³/mol. The Morgan fingerprint density at radius 2 is 2.28 bits per heavy atom. The van der Waals surface area contributed by atoms with Gasteiger partial charge in [-0.05, 0) is 6.92 Å². The fourth-order valence-electron chi connectivity index (χ4n) is 1.26. The minimum Gasteiger partial charge on any atom is -0.464 e. The number of nitrogens with zero attached hydrogens (tertiary/aromatic N) is 2. The van der Waals surface area contributed by atoms with Gasteiger partial charge in [-0.15, -0.1) is 11.3 Å². The molecular formula is C9H14N2O5S2. The Morgan fingerprint density at radius 3 is 2.78 bits per heavy atom. The predicted octanol–water partition coefficient (Wildman–Crippen LogP) is -0.0690. The number of sulfonamides is 1. The Bertz CT molecular complexity index is 523. The molecule has 9 heteroatoms. The third-order valence-corrected chi connectivity index (χ3v) is 5.25. The zero-order chi connectivity index (χ0) is 13.9. The summed E-state index contributed by atoms with van der Waals surface area (Å²) < 4.78 is 29.5. The van der Waals surface area contributed by atoms with Gasteiger partial charge in [-0.2, -0.15) is 4.31 Å². The highest BCUT2D eigenvalue weighted by molar-refractivity contribution is 7.91. The van der Waals surface area contributed by atoms with E-state index in [2.05, 4.69) is 9.72 Å². The van der Waals surface area contributed by atoms with Crippen LogP contribution in [0.4, 0.5) is 0 Å². The molecule has 0 saturated heterocycles. The fourth-order valence-corrected chi connectivity index (χ4v) is 3.84. The van der Waals surface area contributed by atoms with Crippen LogP contribution in [0, 0.1) is 0 Å². The zero-order valence-electron chi connectivity index (χ0n) is 10.2. The van der Waals surface area contributed by atoms with Gasteiger partial charge in [-0.1, -0.05) is 0 Å². The second kappa shape index (κ2) is 5.74. The SMILES string of the molecule is COC(=O)c1ncsc1S(=O)(=O)N(C)CC(C)O. The van der Waals surface area contributed by atoms with E-state index in [1.54, 1.807) is 0 Å². The monoisotopic (exact) mass is 294 g/mol. The lowest BCUT2D eigenvalue weighted by Crippen LogP contribution is -2.33. The van der Waals surface area contributed by atoms with Crippen molar-refractivity contribution in [2.24, 2.45) is 0 Å². The molecule has 1 aromatic rings. The average molecular weight is 294 g/mol. The highest BCUT2D eigenvalue weighted by Gasteiger charge is 2.30. The van der Waals surface area contributed by atoms with Crippen molar-refractivity contribution >= 4 is 27.3 Å². The van der Waals surface area contributed by atoms with Crippen LogP contribution >= 0.6 is 11.3 Å². The number of hydrogen-bond acceptors (Lipinski definition) is 7. The van der Waals surface area contributed by atoms with Gasteiger partial charge in [0.2, 0.25) is 0 Å². The number of carbonyl (C=O) groups excluding carboxylic acids is 1. The number of aliphatic hydroxyl groups excluding tert-OH is 1. The topological polar surface area (TPSA) is 96.8 Å². The van der Waals surface area contributed by atoms with Crippen LogP contribution in [-0.4, -0.2) is 55.6 Å². The number of likely N-dealkylation sites (N-methyl/N-ethyl adjacent to an activating group) is 1. The Morgan fingerprint density at radius 1 is 1.67 bits per heavy atom. The molecule has 0 saturated carbocycles. The molecule has 1 unspecified atom stereocenters. The average Bonchev–Trinajstić information content (AvgIpc) is 2.76. The summed E-state index contributed by atoms with van der Waals surface area (Å²) in [6, 6.07) is 0. The quantitative estimate of drug-likeness (QED) is 0.764. The van der Waals surface area contributed by atoms with E-state index in [1.807, 2.05) is 0 Å². The van der Waals surface area contributed by atoms with E-state index in [9.17, 15) is 18.3 Å². The van der Waals surface area contributed by atoms with Gasteiger partial charge in [0.25, 0.3) is 10.0 Å². The first-order valence-electron chi connectivity index (χ1n) is 4.97. The summed E-state index contributed by atoms with van der Waals surface area (Å²) in [7, 11) is -1.38.